The van der Waals surface area contributed by atoms with E-state index in [1.807, 2.05) is 0 Å². The first-order chi connectivity index (χ1) is 8.38. The average molecular weight is 388 g/mol. The second kappa shape index (κ2) is 6.64. The average Bonchev–Trinajstić information content (AvgIpc) is 2.31. The van der Waals surface area contributed by atoms with Crippen LogP contribution in [-0.4, -0.2) is 38.0 Å². The lowest BCUT2D eigenvalue weighted by atomic mass is 10.3. The van der Waals surface area contributed by atoms with E-state index >= 15 is 0 Å². The van der Waals surface area contributed by atoms with Crippen LogP contribution in [-0.2, 0) is 10.2 Å². The van der Waals surface area contributed by atoms with Gasteiger partial charge in [0.05, 0.1) is 9.26 Å². The molecule has 0 fully saturated rings. The van der Waals surface area contributed by atoms with E-state index in [4.69, 9.17) is 5.11 Å². The van der Waals surface area contributed by atoms with E-state index < -0.39 is 16.0 Å². The molecule has 0 aliphatic heterocycles. The number of nitrogens with one attached hydrogen (secondary N) is 1. The van der Waals surface area contributed by atoms with Crippen LogP contribution in [0.15, 0.2) is 18.2 Å². The molecule has 18 heavy (non-hydrogen) atoms. The molecule has 1 rings (SSSR count). The summed E-state index contributed by atoms with van der Waals surface area (Å²) >= 11 is 1.74. The third-order valence-electron chi connectivity index (χ3n) is 2.23. The minimum atomic E-state index is -3.72. The zero-order chi connectivity index (χ0) is 13.8. The number of anilines is 1. The summed E-state index contributed by atoms with van der Waals surface area (Å²) in [5.41, 5.74) is 0.200. The van der Waals surface area contributed by atoms with Crippen LogP contribution < -0.4 is 4.72 Å². The zero-order valence-corrected chi connectivity index (χ0v) is 12.7. The Bertz CT molecular complexity index is 510. The van der Waals surface area contributed by atoms with E-state index in [0.717, 1.165) is 4.31 Å². The lowest BCUT2D eigenvalue weighted by Gasteiger charge is -2.18. The standard InChI is InChI=1S/C10H14FIN2O3S/c1-14(6-3-7-15)18(16,17)13-9-5-2-4-8(11)10(9)12/h2,4-5,13,15H,3,6-7H2,1H3. The maximum Gasteiger partial charge on any atom is 0.301 e. The van der Waals surface area contributed by atoms with Crippen LogP contribution in [0.25, 0.3) is 0 Å². The number of hydrogen-bond acceptors (Lipinski definition) is 3. The minimum absolute atomic E-state index is 0.0860. The molecule has 0 aliphatic carbocycles. The van der Waals surface area contributed by atoms with Crippen molar-refractivity contribution in [1.82, 2.24) is 4.31 Å². The Balaban J connectivity index is 2.85. The van der Waals surface area contributed by atoms with Gasteiger partial charge in [0.25, 0.3) is 0 Å². The van der Waals surface area contributed by atoms with Gasteiger partial charge >= 0.3 is 10.2 Å². The van der Waals surface area contributed by atoms with Gasteiger partial charge in [-0.2, -0.15) is 12.7 Å². The molecule has 0 radical (unpaired) electrons. The highest BCUT2D eigenvalue weighted by Crippen LogP contribution is 2.22. The first-order valence-corrected chi connectivity index (χ1v) is 7.69. The van der Waals surface area contributed by atoms with E-state index in [2.05, 4.69) is 4.72 Å². The van der Waals surface area contributed by atoms with Crippen molar-refractivity contribution in [3.8, 4) is 0 Å². The summed E-state index contributed by atoms with van der Waals surface area (Å²) in [6.45, 7) is 0.106. The number of nitrogens with zero attached hydrogens (tertiary/aromatic N) is 1. The van der Waals surface area contributed by atoms with Crippen LogP contribution in [0.1, 0.15) is 6.42 Å². The lowest BCUT2D eigenvalue weighted by molar-refractivity contribution is 0.276. The maximum atomic E-state index is 13.3. The van der Waals surface area contributed by atoms with Crippen molar-refractivity contribution in [2.24, 2.45) is 0 Å². The molecule has 5 nitrogen and oxygen atoms in total. The Morgan fingerprint density at radius 1 is 1.50 bits per heavy atom. The smallest absolute Gasteiger partial charge is 0.301 e. The van der Waals surface area contributed by atoms with Crippen molar-refractivity contribution < 1.29 is 17.9 Å². The molecule has 102 valence electrons. The molecule has 0 saturated heterocycles. The van der Waals surface area contributed by atoms with E-state index in [9.17, 15) is 12.8 Å². The monoisotopic (exact) mass is 388 g/mol. The van der Waals surface area contributed by atoms with Crippen LogP contribution in [0.3, 0.4) is 0 Å². The predicted molar refractivity (Wildman–Crippen MR) is 76.0 cm³/mol. The number of hydrogen-bond donors (Lipinski definition) is 2. The Kier molecular flexibility index (Phi) is 5.76. The second-order valence-corrected chi connectivity index (χ2v) is 6.46. The third-order valence-corrected chi connectivity index (χ3v) is 4.81. The molecule has 0 unspecified atom stereocenters. The lowest BCUT2D eigenvalue weighted by Crippen LogP contribution is -2.33. The van der Waals surface area contributed by atoms with Gasteiger partial charge in [0.1, 0.15) is 5.82 Å². The van der Waals surface area contributed by atoms with Crippen molar-refractivity contribution >= 4 is 38.5 Å². The molecule has 0 atom stereocenters. The second-order valence-electron chi connectivity index (χ2n) is 3.61. The molecule has 8 heteroatoms. The van der Waals surface area contributed by atoms with Crippen molar-refractivity contribution in [2.45, 2.75) is 6.42 Å². The molecule has 0 aliphatic rings. The van der Waals surface area contributed by atoms with Crippen LogP contribution in [0.2, 0.25) is 0 Å². The van der Waals surface area contributed by atoms with Gasteiger partial charge in [0.2, 0.25) is 0 Å². The van der Waals surface area contributed by atoms with Gasteiger partial charge in [-0.1, -0.05) is 6.07 Å². The van der Waals surface area contributed by atoms with E-state index in [1.54, 1.807) is 22.6 Å². The van der Waals surface area contributed by atoms with Crippen LogP contribution in [0, 0.1) is 9.39 Å². The quantitative estimate of drug-likeness (QED) is 0.724. The predicted octanol–water partition coefficient (Wildman–Crippen LogP) is 1.40. The fourth-order valence-electron chi connectivity index (χ4n) is 1.21. The van der Waals surface area contributed by atoms with Crippen molar-refractivity contribution in [3.05, 3.63) is 27.6 Å². The summed E-state index contributed by atoms with van der Waals surface area (Å²) in [5, 5.41) is 8.66. The fourth-order valence-corrected chi connectivity index (χ4v) is 2.86. The zero-order valence-electron chi connectivity index (χ0n) is 9.73. The van der Waals surface area contributed by atoms with Crippen molar-refractivity contribution in [1.29, 1.82) is 0 Å². The van der Waals surface area contributed by atoms with Gasteiger partial charge in [-0.05, 0) is 41.1 Å². The summed E-state index contributed by atoms with van der Waals surface area (Å²) in [6, 6.07) is 4.18. The highest BCUT2D eigenvalue weighted by Gasteiger charge is 2.18. The summed E-state index contributed by atoms with van der Waals surface area (Å²) in [7, 11) is -2.33. The first kappa shape index (κ1) is 15.6. The SMILES string of the molecule is CN(CCCO)S(=O)(=O)Nc1cccc(F)c1I. The van der Waals surface area contributed by atoms with Gasteiger partial charge in [-0.25, -0.2) is 4.39 Å². The minimum Gasteiger partial charge on any atom is -0.396 e. The molecule has 0 bridgehead atoms. The van der Waals surface area contributed by atoms with Crippen LogP contribution >= 0.6 is 22.6 Å². The van der Waals surface area contributed by atoms with E-state index in [-0.39, 0.29) is 22.4 Å². The molecule has 0 heterocycles. The maximum absolute atomic E-state index is 13.3. The number of benzene rings is 1. The Hall–Kier alpha value is -0.450. The normalized spacial score (nSPS) is 11.8. The van der Waals surface area contributed by atoms with Crippen LogP contribution in [0.4, 0.5) is 10.1 Å². The van der Waals surface area contributed by atoms with Crippen molar-refractivity contribution in [3.63, 3.8) is 0 Å². The van der Waals surface area contributed by atoms with Gasteiger partial charge in [-0.3, -0.25) is 4.72 Å². The summed E-state index contributed by atoms with van der Waals surface area (Å²) < 4.78 is 40.6. The molecule has 0 aromatic heterocycles. The summed E-state index contributed by atoms with van der Waals surface area (Å²) in [4.78, 5) is 0. The molecule has 2 N–H and O–H groups in total. The van der Waals surface area contributed by atoms with Gasteiger partial charge in [0, 0.05) is 20.2 Å². The topological polar surface area (TPSA) is 69.6 Å². The van der Waals surface area contributed by atoms with Gasteiger partial charge in [0.15, 0.2) is 0 Å². The Labute approximate surface area is 119 Å². The molecule has 1 aromatic carbocycles. The number of aliphatic hydroxyl groups is 1. The molecular formula is C10H14FIN2O3S. The molecular weight excluding hydrogens is 374 g/mol. The summed E-state index contributed by atoms with van der Waals surface area (Å²) in [6.07, 6.45) is 0.345. The number of aliphatic hydroxyl groups excluding tert-OH is 1. The first-order valence-electron chi connectivity index (χ1n) is 5.17. The van der Waals surface area contributed by atoms with Gasteiger partial charge in [-0.15, -0.1) is 0 Å². The van der Waals surface area contributed by atoms with Gasteiger partial charge < -0.3 is 5.11 Å². The Morgan fingerprint density at radius 2 is 2.17 bits per heavy atom. The molecule has 0 amide bonds. The third kappa shape index (κ3) is 4.04. The summed E-state index contributed by atoms with van der Waals surface area (Å²) in [5.74, 6) is -0.478. The highest BCUT2D eigenvalue weighted by molar-refractivity contribution is 14.1. The molecule has 0 spiro atoms. The fraction of sp³-hybridized carbons (Fsp3) is 0.400. The molecule has 1 aromatic rings. The Morgan fingerprint density at radius 3 is 2.78 bits per heavy atom. The number of halogens is 2. The number of rotatable bonds is 6. The van der Waals surface area contributed by atoms with Crippen molar-refractivity contribution in [2.75, 3.05) is 24.9 Å². The molecule has 0 saturated carbocycles. The van der Waals surface area contributed by atoms with Crippen LogP contribution in [0.5, 0.6) is 0 Å². The van der Waals surface area contributed by atoms with E-state index in [1.165, 1.54) is 25.2 Å². The highest BCUT2D eigenvalue weighted by atomic mass is 127. The van der Waals surface area contributed by atoms with E-state index in [0.29, 0.717) is 6.42 Å². The largest absolute Gasteiger partial charge is 0.396 e.